The van der Waals surface area contributed by atoms with Gasteiger partial charge in [0, 0.05) is 11.6 Å². The predicted octanol–water partition coefficient (Wildman–Crippen LogP) is 3.31. The Morgan fingerprint density at radius 1 is 1.39 bits per heavy atom. The smallest absolute Gasteiger partial charge is 0.378 e. The van der Waals surface area contributed by atoms with Crippen molar-refractivity contribution in [3.05, 3.63) is 39.9 Å². The molecule has 2 rings (SSSR count). The maximum Gasteiger partial charge on any atom is 0.378 e. The summed E-state index contributed by atoms with van der Waals surface area (Å²) in [4.78, 5) is 11.2. The van der Waals surface area contributed by atoms with Gasteiger partial charge < -0.3 is 8.38 Å². The molecule has 0 aliphatic rings. The number of hydrogen-bond acceptors (Lipinski definition) is 6. The van der Waals surface area contributed by atoms with Crippen LogP contribution >= 0.6 is 45.9 Å². The number of hydrogen-bond donors (Lipinski definition) is 1. The second-order valence-corrected chi connectivity index (χ2v) is 5.11. The topological polar surface area (TPSA) is 64.1 Å². The Morgan fingerprint density at radius 3 is 2.78 bits per heavy atom. The molecular weight excluding hydrogens is 389 g/mol. The molecule has 94 valence electrons. The van der Waals surface area contributed by atoms with E-state index in [1.807, 2.05) is 24.3 Å². The van der Waals surface area contributed by atoms with Crippen LogP contribution in [0.5, 0.6) is 0 Å². The van der Waals surface area contributed by atoms with E-state index >= 15 is 0 Å². The van der Waals surface area contributed by atoms with Gasteiger partial charge in [-0.3, -0.25) is 0 Å². The van der Waals surface area contributed by atoms with Crippen molar-refractivity contribution in [2.75, 3.05) is 5.32 Å². The van der Waals surface area contributed by atoms with E-state index in [9.17, 15) is 4.79 Å². The molecule has 1 N–H and O–H groups in total. The van der Waals surface area contributed by atoms with Crippen molar-refractivity contribution >= 4 is 57.0 Å². The summed E-state index contributed by atoms with van der Waals surface area (Å²) in [5.74, 6) is -0.493. The Hall–Kier alpha value is -0.930. The number of benzene rings is 1. The van der Waals surface area contributed by atoms with Gasteiger partial charge in [-0.2, -0.15) is 0 Å². The predicted molar refractivity (Wildman–Crippen MR) is 78.1 cm³/mol. The fourth-order valence-corrected chi connectivity index (χ4v) is 2.29. The first kappa shape index (κ1) is 13.5. The maximum absolute atomic E-state index is 11.2. The lowest BCUT2D eigenvalue weighted by Crippen LogP contribution is -1.98. The number of carbonyl (C=O) groups is 1. The number of aromatic nitrogens is 2. The fraction of sp³-hybridized carbons (Fsp3) is 0.100. The highest BCUT2D eigenvalue weighted by atomic mass is 127. The van der Waals surface area contributed by atoms with E-state index < -0.39 is 5.97 Å². The lowest BCUT2D eigenvalue weighted by atomic mass is 10.2. The zero-order valence-electron chi connectivity index (χ0n) is 8.89. The summed E-state index contributed by atoms with van der Waals surface area (Å²) >= 11 is 8.46. The third-order valence-corrected chi connectivity index (χ3v) is 3.54. The summed E-state index contributed by atoms with van der Waals surface area (Å²) in [6.07, 6.45) is 0. The van der Waals surface area contributed by atoms with Crippen LogP contribution in [0.15, 0.2) is 24.3 Å². The van der Waals surface area contributed by atoms with Gasteiger partial charge in [-0.1, -0.05) is 35.1 Å². The molecule has 2 aromatic rings. The summed E-state index contributed by atoms with van der Waals surface area (Å²) in [7, 11) is 0. The third-order valence-electron chi connectivity index (χ3n) is 2.03. The lowest BCUT2D eigenvalue weighted by molar-refractivity contribution is 0.0799. The molecule has 0 amide bonds. The average molecular weight is 396 g/mol. The molecule has 0 atom stereocenters. The highest BCUT2D eigenvalue weighted by Gasteiger charge is 2.13. The van der Waals surface area contributed by atoms with Gasteiger partial charge in [0.1, 0.15) is 0 Å². The molecular formula is C10H7ClIN3O2S. The molecule has 5 nitrogen and oxygen atoms in total. The van der Waals surface area contributed by atoms with Gasteiger partial charge in [-0.15, -0.1) is 10.2 Å². The van der Waals surface area contributed by atoms with Crippen LogP contribution in [0.4, 0.5) is 5.13 Å². The monoisotopic (exact) mass is 395 g/mol. The second-order valence-electron chi connectivity index (χ2n) is 3.26. The molecule has 0 radical (unpaired) electrons. The number of carbonyl (C=O) groups excluding carboxylic acids is 1. The van der Waals surface area contributed by atoms with Gasteiger partial charge in [0.15, 0.2) is 23.0 Å². The van der Waals surface area contributed by atoms with Crippen LogP contribution in [0, 0.1) is 0 Å². The maximum atomic E-state index is 11.2. The SMILES string of the molecule is O=C(OI)c1nnc(NCc2ccc(Cl)cc2)s1. The van der Waals surface area contributed by atoms with Gasteiger partial charge in [0.05, 0.1) is 0 Å². The van der Waals surface area contributed by atoms with Crippen LogP contribution in [0.2, 0.25) is 5.02 Å². The molecule has 0 fully saturated rings. The second kappa shape index (κ2) is 6.30. The quantitative estimate of drug-likeness (QED) is 0.805. The number of halogens is 2. The Labute approximate surface area is 126 Å². The van der Waals surface area contributed by atoms with E-state index in [1.54, 1.807) is 0 Å². The van der Waals surface area contributed by atoms with Crippen LogP contribution in [0.1, 0.15) is 15.4 Å². The van der Waals surface area contributed by atoms with E-state index in [4.69, 9.17) is 11.6 Å². The van der Waals surface area contributed by atoms with Gasteiger partial charge >= 0.3 is 5.97 Å². The highest BCUT2D eigenvalue weighted by molar-refractivity contribution is 14.1. The largest absolute Gasteiger partial charge is 0.389 e. The molecule has 8 heteroatoms. The van der Waals surface area contributed by atoms with E-state index in [0.29, 0.717) is 16.7 Å². The van der Waals surface area contributed by atoms with E-state index in [0.717, 1.165) is 16.9 Å². The van der Waals surface area contributed by atoms with Crippen LogP contribution in [0.3, 0.4) is 0 Å². The standard InChI is InChI=1S/C10H7ClIN3O2S/c11-7-3-1-6(2-4-7)5-13-10-15-14-8(18-10)9(16)17-12/h1-4H,5H2,(H,13,15). The van der Waals surface area contributed by atoms with Gasteiger partial charge in [-0.05, 0) is 17.7 Å². The van der Waals surface area contributed by atoms with Crippen molar-refractivity contribution in [1.29, 1.82) is 0 Å². The molecule has 0 saturated heterocycles. The molecule has 1 aromatic heterocycles. The first-order valence-electron chi connectivity index (χ1n) is 4.84. The van der Waals surface area contributed by atoms with Crippen LogP contribution in [-0.2, 0) is 9.61 Å². The van der Waals surface area contributed by atoms with Crippen LogP contribution in [-0.4, -0.2) is 16.2 Å². The fourth-order valence-electron chi connectivity index (χ4n) is 1.19. The zero-order valence-corrected chi connectivity index (χ0v) is 12.6. The van der Waals surface area contributed by atoms with Crippen molar-refractivity contribution in [1.82, 2.24) is 10.2 Å². The number of rotatable bonds is 4. The third kappa shape index (κ3) is 3.53. The van der Waals surface area contributed by atoms with Gasteiger partial charge in [-0.25, -0.2) is 4.79 Å². The molecule has 0 unspecified atom stereocenters. The lowest BCUT2D eigenvalue weighted by Gasteiger charge is -2.01. The summed E-state index contributed by atoms with van der Waals surface area (Å²) in [5, 5.41) is 12.1. The first-order chi connectivity index (χ1) is 8.69. The normalized spacial score (nSPS) is 10.1. The van der Waals surface area contributed by atoms with Crippen molar-refractivity contribution in [3.8, 4) is 0 Å². The zero-order chi connectivity index (χ0) is 13.0. The van der Waals surface area contributed by atoms with Gasteiger partial charge in [0.25, 0.3) is 0 Å². The average Bonchev–Trinajstić information content (AvgIpc) is 2.86. The minimum atomic E-state index is -0.493. The Morgan fingerprint density at radius 2 is 2.11 bits per heavy atom. The molecule has 1 aromatic carbocycles. The van der Waals surface area contributed by atoms with Crippen LogP contribution < -0.4 is 5.32 Å². The Kier molecular flexibility index (Phi) is 4.72. The van der Waals surface area contributed by atoms with Crippen molar-refractivity contribution < 1.29 is 7.86 Å². The molecule has 18 heavy (non-hydrogen) atoms. The summed E-state index contributed by atoms with van der Waals surface area (Å²) in [5.41, 5.74) is 1.06. The van der Waals surface area contributed by atoms with Gasteiger partial charge in [0.2, 0.25) is 10.1 Å². The molecule has 0 aliphatic carbocycles. The molecule has 0 bridgehead atoms. The summed E-state index contributed by atoms with van der Waals surface area (Å²) < 4.78 is 4.52. The van der Waals surface area contributed by atoms with E-state index in [-0.39, 0.29) is 5.01 Å². The number of nitrogens with one attached hydrogen (secondary N) is 1. The van der Waals surface area contributed by atoms with Crippen molar-refractivity contribution in [2.24, 2.45) is 0 Å². The van der Waals surface area contributed by atoms with Crippen molar-refractivity contribution in [3.63, 3.8) is 0 Å². The summed E-state index contributed by atoms with van der Waals surface area (Å²) in [6.45, 7) is 0.588. The molecule has 0 aliphatic heterocycles. The summed E-state index contributed by atoms with van der Waals surface area (Å²) in [6, 6.07) is 7.46. The molecule has 1 heterocycles. The van der Waals surface area contributed by atoms with E-state index in [1.165, 1.54) is 23.0 Å². The Balaban J connectivity index is 1.96. The minimum absolute atomic E-state index is 0.225. The van der Waals surface area contributed by atoms with Crippen LogP contribution in [0.25, 0.3) is 0 Å². The van der Waals surface area contributed by atoms with Crippen molar-refractivity contribution in [2.45, 2.75) is 6.54 Å². The first-order valence-corrected chi connectivity index (χ1v) is 6.91. The van der Waals surface area contributed by atoms with E-state index in [2.05, 4.69) is 18.6 Å². The highest BCUT2D eigenvalue weighted by Crippen LogP contribution is 2.18. The minimum Gasteiger partial charge on any atom is -0.389 e. The number of nitrogens with zero attached hydrogens (tertiary/aromatic N) is 2. The molecule has 0 spiro atoms. The molecule has 0 saturated carbocycles. The number of anilines is 1. The Bertz CT molecular complexity index is 546.